The highest BCUT2D eigenvalue weighted by molar-refractivity contribution is 5.40. The second kappa shape index (κ2) is 3.49. The highest BCUT2D eigenvalue weighted by Crippen LogP contribution is 2.40. The van der Waals surface area contributed by atoms with E-state index < -0.39 is 5.60 Å². The van der Waals surface area contributed by atoms with Crippen molar-refractivity contribution in [3.8, 4) is 5.75 Å². The predicted octanol–water partition coefficient (Wildman–Crippen LogP) is 2.86. The van der Waals surface area contributed by atoms with Crippen LogP contribution in [0.15, 0.2) is 18.2 Å². The van der Waals surface area contributed by atoms with Crippen molar-refractivity contribution in [2.75, 3.05) is 0 Å². The summed E-state index contributed by atoms with van der Waals surface area (Å²) in [5.41, 5.74) is 2.10. The van der Waals surface area contributed by atoms with E-state index in [0.717, 1.165) is 37.9 Å². The SMILES string of the molecule is CC1(C)CCc2cc(CC3(O)CC3)ccc2O1. The lowest BCUT2D eigenvalue weighted by molar-refractivity contribution is 0.0845. The Kier molecular flexibility index (Phi) is 2.27. The van der Waals surface area contributed by atoms with E-state index in [1.54, 1.807) is 0 Å². The van der Waals surface area contributed by atoms with E-state index in [-0.39, 0.29) is 5.60 Å². The number of ether oxygens (including phenoxy) is 1. The summed E-state index contributed by atoms with van der Waals surface area (Å²) >= 11 is 0. The van der Waals surface area contributed by atoms with Crippen molar-refractivity contribution in [1.82, 2.24) is 0 Å². The zero-order valence-electron chi connectivity index (χ0n) is 10.6. The van der Waals surface area contributed by atoms with Gasteiger partial charge < -0.3 is 9.84 Å². The van der Waals surface area contributed by atoms with Crippen LogP contribution < -0.4 is 4.74 Å². The molecule has 1 fully saturated rings. The Morgan fingerprint density at radius 1 is 1.24 bits per heavy atom. The molecule has 1 aromatic rings. The van der Waals surface area contributed by atoms with Gasteiger partial charge in [0.25, 0.3) is 0 Å². The van der Waals surface area contributed by atoms with Gasteiger partial charge in [-0.2, -0.15) is 0 Å². The lowest BCUT2D eigenvalue weighted by Gasteiger charge is -2.32. The summed E-state index contributed by atoms with van der Waals surface area (Å²) in [4.78, 5) is 0. The molecule has 2 aliphatic rings. The zero-order chi connectivity index (χ0) is 12.1. The van der Waals surface area contributed by atoms with Crippen molar-refractivity contribution < 1.29 is 9.84 Å². The van der Waals surface area contributed by atoms with Gasteiger partial charge in [-0.25, -0.2) is 0 Å². The molecule has 1 heterocycles. The fourth-order valence-electron chi connectivity index (χ4n) is 2.52. The molecule has 0 spiro atoms. The van der Waals surface area contributed by atoms with Gasteiger partial charge in [0.2, 0.25) is 0 Å². The number of fused-ring (bicyclic) bond motifs is 1. The van der Waals surface area contributed by atoms with Gasteiger partial charge in [0.05, 0.1) is 5.60 Å². The third kappa shape index (κ3) is 2.32. The van der Waals surface area contributed by atoms with Crippen LogP contribution in [0, 0.1) is 0 Å². The average molecular weight is 232 g/mol. The third-order valence-electron chi connectivity index (χ3n) is 3.87. The first-order valence-electron chi connectivity index (χ1n) is 6.49. The minimum Gasteiger partial charge on any atom is -0.488 e. The van der Waals surface area contributed by atoms with Gasteiger partial charge in [-0.1, -0.05) is 12.1 Å². The first-order chi connectivity index (χ1) is 7.96. The molecule has 17 heavy (non-hydrogen) atoms. The summed E-state index contributed by atoms with van der Waals surface area (Å²) in [5.74, 6) is 1.02. The molecule has 0 radical (unpaired) electrons. The van der Waals surface area contributed by atoms with E-state index in [9.17, 15) is 5.11 Å². The monoisotopic (exact) mass is 232 g/mol. The first kappa shape index (κ1) is 11.1. The molecule has 0 saturated heterocycles. The van der Waals surface area contributed by atoms with Gasteiger partial charge in [0.1, 0.15) is 11.4 Å². The van der Waals surface area contributed by atoms with Crippen LogP contribution >= 0.6 is 0 Å². The fraction of sp³-hybridized carbons (Fsp3) is 0.600. The zero-order valence-corrected chi connectivity index (χ0v) is 10.6. The molecule has 1 saturated carbocycles. The normalized spacial score (nSPS) is 23.7. The molecular weight excluding hydrogens is 212 g/mol. The van der Waals surface area contributed by atoms with Crippen LogP contribution in [0.2, 0.25) is 0 Å². The molecule has 92 valence electrons. The van der Waals surface area contributed by atoms with Crippen LogP contribution in [-0.4, -0.2) is 16.3 Å². The highest BCUT2D eigenvalue weighted by atomic mass is 16.5. The topological polar surface area (TPSA) is 29.5 Å². The van der Waals surface area contributed by atoms with Crippen molar-refractivity contribution in [1.29, 1.82) is 0 Å². The Morgan fingerprint density at radius 3 is 2.71 bits per heavy atom. The molecule has 3 rings (SSSR count). The summed E-state index contributed by atoms with van der Waals surface area (Å²) in [6, 6.07) is 6.37. The number of hydrogen-bond donors (Lipinski definition) is 1. The molecule has 0 aromatic heterocycles. The minimum absolute atomic E-state index is 0.0385. The van der Waals surface area contributed by atoms with Gasteiger partial charge in [0, 0.05) is 6.42 Å². The second-order valence-corrected chi connectivity index (χ2v) is 6.20. The van der Waals surface area contributed by atoms with Crippen molar-refractivity contribution in [3.05, 3.63) is 29.3 Å². The van der Waals surface area contributed by atoms with E-state index >= 15 is 0 Å². The maximum atomic E-state index is 9.94. The van der Waals surface area contributed by atoms with E-state index in [4.69, 9.17) is 4.74 Å². The Hall–Kier alpha value is -1.02. The summed E-state index contributed by atoms with van der Waals surface area (Å²) in [7, 11) is 0. The Bertz CT molecular complexity index is 444. The summed E-state index contributed by atoms with van der Waals surface area (Å²) in [6.45, 7) is 4.27. The largest absolute Gasteiger partial charge is 0.488 e. The maximum absolute atomic E-state index is 9.94. The lowest BCUT2D eigenvalue weighted by atomic mass is 9.92. The van der Waals surface area contributed by atoms with Gasteiger partial charge in [-0.05, 0) is 56.7 Å². The van der Waals surface area contributed by atoms with E-state index in [1.807, 2.05) is 0 Å². The molecule has 0 bridgehead atoms. The van der Waals surface area contributed by atoms with E-state index in [1.165, 1.54) is 11.1 Å². The first-order valence-corrected chi connectivity index (χ1v) is 6.49. The van der Waals surface area contributed by atoms with Gasteiger partial charge >= 0.3 is 0 Å². The predicted molar refractivity (Wildman–Crippen MR) is 67.4 cm³/mol. The number of aliphatic hydroxyl groups is 1. The molecular formula is C15H20O2. The highest BCUT2D eigenvalue weighted by Gasteiger charge is 2.40. The second-order valence-electron chi connectivity index (χ2n) is 6.20. The lowest BCUT2D eigenvalue weighted by Crippen LogP contribution is -2.32. The van der Waals surface area contributed by atoms with Crippen molar-refractivity contribution in [3.63, 3.8) is 0 Å². The van der Waals surface area contributed by atoms with Crippen LogP contribution in [0.1, 0.15) is 44.2 Å². The number of aryl methyl sites for hydroxylation is 1. The van der Waals surface area contributed by atoms with E-state index in [2.05, 4.69) is 32.0 Å². The van der Waals surface area contributed by atoms with Gasteiger partial charge in [-0.3, -0.25) is 0 Å². The number of rotatable bonds is 2. The van der Waals surface area contributed by atoms with Crippen molar-refractivity contribution >= 4 is 0 Å². The number of hydrogen-bond acceptors (Lipinski definition) is 2. The molecule has 0 atom stereocenters. The molecule has 0 amide bonds. The molecule has 0 unspecified atom stereocenters. The standard InChI is InChI=1S/C15H20O2/c1-14(2)6-5-12-9-11(3-4-13(12)17-14)10-15(16)7-8-15/h3-4,9,16H,5-8,10H2,1-2H3. The van der Waals surface area contributed by atoms with Gasteiger partial charge in [0.15, 0.2) is 0 Å². The van der Waals surface area contributed by atoms with Crippen LogP contribution in [-0.2, 0) is 12.8 Å². The van der Waals surface area contributed by atoms with Crippen LogP contribution in [0.3, 0.4) is 0 Å². The fourth-order valence-corrected chi connectivity index (χ4v) is 2.52. The Balaban J connectivity index is 1.82. The average Bonchev–Trinajstić information content (AvgIpc) is 2.96. The molecule has 2 nitrogen and oxygen atoms in total. The molecule has 2 heteroatoms. The Morgan fingerprint density at radius 2 is 2.00 bits per heavy atom. The third-order valence-corrected chi connectivity index (χ3v) is 3.87. The van der Waals surface area contributed by atoms with Crippen LogP contribution in [0.5, 0.6) is 5.75 Å². The summed E-state index contributed by atoms with van der Waals surface area (Å²) < 4.78 is 5.96. The van der Waals surface area contributed by atoms with Gasteiger partial charge in [-0.15, -0.1) is 0 Å². The van der Waals surface area contributed by atoms with Crippen LogP contribution in [0.25, 0.3) is 0 Å². The Labute approximate surface area is 103 Å². The molecule has 1 N–H and O–H groups in total. The number of benzene rings is 1. The molecule has 1 aliphatic carbocycles. The molecule has 1 aromatic carbocycles. The minimum atomic E-state index is -0.400. The molecule has 1 aliphatic heterocycles. The summed E-state index contributed by atoms with van der Waals surface area (Å²) in [5, 5.41) is 9.94. The van der Waals surface area contributed by atoms with Crippen molar-refractivity contribution in [2.24, 2.45) is 0 Å². The van der Waals surface area contributed by atoms with Crippen molar-refractivity contribution in [2.45, 2.75) is 57.2 Å². The quantitative estimate of drug-likeness (QED) is 0.849. The van der Waals surface area contributed by atoms with E-state index in [0.29, 0.717) is 0 Å². The maximum Gasteiger partial charge on any atom is 0.123 e. The summed E-state index contributed by atoms with van der Waals surface area (Å²) in [6.07, 6.45) is 4.84. The van der Waals surface area contributed by atoms with Crippen LogP contribution in [0.4, 0.5) is 0 Å². The smallest absolute Gasteiger partial charge is 0.123 e.